The molecule has 0 bridgehead atoms. The first-order valence-electron chi connectivity index (χ1n) is 5.46. The molecule has 0 spiro atoms. The maximum atomic E-state index is 10.9. The van der Waals surface area contributed by atoms with Crippen LogP contribution in [0.25, 0.3) is 0 Å². The van der Waals surface area contributed by atoms with E-state index in [4.69, 9.17) is 5.11 Å². The summed E-state index contributed by atoms with van der Waals surface area (Å²) in [7, 11) is 0. The zero-order valence-electron chi connectivity index (χ0n) is 10.3. The highest BCUT2D eigenvalue weighted by molar-refractivity contribution is 5.73. The van der Waals surface area contributed by atoms with E-state index in [0.717, 1.165) is 0 Å². The molecule has 0 aromatic heterocycles. The summed E-state index contributed by atoms with van der Waals surface area (Å²) in [6.45, 7) is 1.50. The SMILES string of the molecule is CC(=O)NC[C@H](O)[C@@H](O)[C@@H](NC(C)=O)[C@H](O)CO. The van der Waals surface area contributed by atoms with Crippen LogP contribution in [0.4, 0.5) is 0 Å². The third-order valence-electron chi connectivity index (χ3n) is 2.29. The van der Waals surface area contributed by atoms with Gasteiger partial charge in [0.25, 0.3) is 0 Å². The van der Waals surface area contributed by atoms with E-state index in [9.17, 15) is 24.9 Å². The minimum absolute atomic E-state index is 0.231. The maximum absolute atomic E-state index is 10.9. The van der Waals surface area contributed by atoms with Crippen LogP contribution in [0.3, 0.4) is 0 Å². The van der Waals surface area contributed by atoms with Crippen molar-refractivity contribution in [3.05, 3.63) is 0 Å². The number of carbonyl (C=O) groups is 2. The van der Waals surface area contributed by atoms with Crippen molar-refractivity contribution in [2.45, 2.75) is 38.2 Å². The molecule has 8 nitrogen and oxygen atoms in total. The molecule has 4 atom stereocenters. The van der Waals surface area contributed by atoms with Gasteiger partial charge in [-0.25, -0.2) is 0 Å². The molecule has 0 fully saturated rings. The van der Waals surface area contributed by atoms with E-state index in [2.05, 4.69) is 10.6 Å². The summed E-state index contributed by atoms with van der Waals surface area (Å²) in [5, 5.41) is 42.1. The predicted octanol–water partition coefficient (Wildman–Crippen LogP) is -3.30. The Morgan fingerprint density at radius 3 is 2.00 bits per heavy atom. The molecular weight excluding hydrogens is 244 g/mol. The zero-order valence-corrected chi connectivity index (χ0v) is 10.3. The summed E-state index contributed by atoms with van der Waals surface area (Å²) in [6, 6.07) is -1.23. The van der Waals surface area contributed by atoms with Gasteiger partial charge in [-0.1, -0.05) is 0 Å². The fourth-order valence-electron chi connectivity index (χ4n) is 1.37. The van der Waals surface area contributed by atoms with Crippen molar-refractivity contribution in [1.82, 2.24) is 10.6 Å². The molecule has 0 rings (SSSR count). The number of amides is 2. The van der Waals surface area contributed by atoms with Gasteiger partial charge in [-0.15, -0.1) is 0 Å². The molecule has 0 aliphatic heterocycles. The minimum Gasteiger partial charge on any atom is -0.394 e. The molecule has 2 amide bonds. The zero-order chi connectivity index (χ0) is 14.3. The van der Waals surface area contributed by atoms with Crippen LogP contribution in [0.15, 0.2) is 0 Å². The monoisotopic (exact) mass is 264 g/mol. The summed E-state index contributed by atoms with van der Waals surface area (Å²) in [4.78, 5) is 21.5. The molecule has 6 N–H and O–H groups in total. The second-order valence-corrected chi connectivity index (χ2v) is 3.97. The average molecular weight is 264 g/mol. The molecule has 18 heavy (non-hydrogen) atoms. The van der Waals surface area contributed by atoms with Crippen molar-refractivity contribution in [2.75, 3.05) is 13.2 Å². The maximum Gasteiger partial charge on any atom is 0.217 e. The normalized spacial score (nSPS) is 17.4. The van der Waals surface area contributed by atoms with Gasteiger partial charge in [-0.05, 0) is 0 Å². The highest BCUT2D eigenvalue weighted by Gasteiger charge is 2.32. The van der Waals surface area contributed by atoms with E-state index in [1.165, 1.54) is 13.8 Å². The van der Waals surface area contributed by atoms with Gasteiger partial charge in [0.2, 0.25) is 11.8 Å². The van der Waals surface area contributed by atoms with Crippen LogP contribution in [0.2, 0.25) is 0 Å². The van der Waals surface area contributed by atoms with E-state index < -0.39 is 36.9 Å². The average Bonchev–Trinajstić information content (AvgIpc) is 2.30. The Morgan fingerprint density at radius 1 is 1.06 bits per heavy atom. The van der Waals surface area contributed by atoms with E-state index in [1.807, 2.05) is 0 Å². The molecule has 0 aliphatic carbocycles. The van der Waals surface area contributed by atoms with Gasteiger partial charge in [-0.2, -0.15) is 0 Å². The molecule has 106 valence electrons. The predicted molar refractivity (Wildman–Crippen MR) is 61.4 cm³/mol. The molecule has 0 aromatic carbocycles. The fraction of sp³-hybridized carbons (Fsp3) is 0.800. The van der Waals surface area contributed by atoms with Gasteiger partial charge in [0, 0.05) is 20.4 Å². The van der Waals surface area contributed by atoms with Gasteiger partial charge >= 0.3 is 0 Å². The Hall–Kier alpha value is -1.22. The van der Waals surface area contributed by atoms with E-state index in [-0.39, 0.29) is 12.5 Å². The standard InChI is InChI=1S/C10H20N2O6/c1-5(14)11-3-7(16)10(18)9(8(17)4-13)12-6(2)15/h7-10,13,16-18H,3-4H2,1-2H3,(H,11,14)(H,12,15)/t7-,8+,9-,10+/m0/s1. The summed E-state index contributed by atoms with van der Waals surface area (Å²) < 4.78 is 0. The number of hydrogen-bond acceptors (Lipinski definition) is 6. The van der Waals surface area contributed by atoms with E-state index in [1.54, 1.807) is 0 Å². The minimum atomic E-state index is -1.53. The largest absolute Gasteiger partial charge is 0.394 e. The van der Waals surface area contributed by atoms with Crippen molar-refractivity contribution in [2.24, 2.45) is 0 Å². The Labute approximate surface area is 105 Å². The molecule has 0 saturated heterocycles. The van der Waals surface area contributed by atoms with Gasteiger partial charge in [-0.3, -0.25) is 9.59 Å². The summed E-state index contributed by atoms with van der Waals surface area (Å²) >= 11 is 0. The van der Waals surface area contributed by atoms with Gasteiger partial charge in [0.1, 0.15) is 6.10 Å². The van der Waals surface area contributed by atoms with Crippen molar-refractivity contribution < 1.29 is 30.0 Å². The highest BCUT2D eigenvalue weighted by atomic mass is 16.3. The third-order valence-corrected chi connectivity index (χ3v) is 2.29. The van der Waals surface area contributed by atoms with E-state index in [0.29, 0.717) is 0 Å². The second kappa shape index (κ2) is 7.98. The van der Waals surface area contributed by atoms with Crippen molar-refractivity contribution in [3.8, 4) is 0 Å². The Bertz CT molecular complexity index is 286. The van der Waals surface area contributed by atoms with Gasteiger partial charge in [0.05, 0.1) is 24.9 Å². The highest BCUT2D eigenvalue weighted by Crippen LogP contribution is 2.05. The van der Waals surface area contributed by atoms with Crippen LogP contribution < -0.4 is 10.6 Å². The summed E-state index contributed by atoms with van der Waals surface area (Å²) in [6.07, 6.45) is -4.33. The van der Waals surface area contributed by atoms with Crippen LogP contribution in [0.5, 0.6) is 0 Å². The molecule has 0 saturated carbocycles. The van der Waals surface area contributed by atoms with Crippen molar-refractivity contribution in [3.63, 3.8) is 0 Å². The van der Waals surface area contributed by atoms with Crippen LogP contribution in [0.1, 0.15) is 13.8 Å². The fourth-order valence-corrected chi connectivity index (χ4v) is 1.37. The lowest BCUT2D eigenvalue weighted by molar-refractivity contribution is -0.125. The third kappa shape index (κ3) is 5.92. The number of aliphatic hydroxyl groups is 4. The van der Waals surface area contributed by atoms with Crippen LogP contribution in [-0.4, -0.2) is 69.7 Å². The second-order valence-electron chi connectivity index (χ2n) is 3.97. The number of carbonyl (C=O) groups excluding carboxylic acids is 2. The number of rotatable bonds is 7. The topological polar surface area (TPSA) is 139 Å². The Morgan fingerprint density at radius 2 is 1.61 bits per heavy atom. The lowest BCUT2D eigenvalue weighted by Crippen LogP contribution is -2.57. The first-order chi connectivity index (χ1) is 8.29. The summed E-state index contributed by atoms with van der Waals surface area (Å²) in [5.74, 6) is -0.918. The molecule has 8 heteroatoms. The van der Waals surface area contributed by atoms with E-state index >= 15 is 0 Å². The first kappa shape index (κ1) is 16.8. The van der Waals surface area contributed by atoms with Crippen molar-refractivity contribution >= 4 is 11.8 Å². The Balaban J connectivity index is 4.56. The number of aliphatic hydroxyl groups excluding tert-OH is 4. The molecular formula is C10H20N2O6. The molecule has 0 heterocycles. The first-order valence-corrected chi connectivity index (χ1v) is 5.46. The Kier molecular flexibility index (Phi) is 7.44. The number of hydrogen-bond donors (Lipinski definition) is 6. The van der Waals surface area contributed by atoms with Crippen LogP contribution in [-0.2, 0) is 9.59 Å². The van der Waals surface area contributed by atoms with Gasteiger partial charge < -0.3 is 31.1 Å². The molecule has 0 unspecified atom stereocenters. The molecule has 0 radical (unpaired) electrons. The molecule has 0 aliphatic rings. The lowest BCUT2D eigenvalue weighted by atomic mass is 10.00. The van der Waals surface area contributed by atoms with Crippen molar-refractivity contribution in [1.29, 1.82) is 0 Å². The quantitative estimate of drug-likeness (QED) is 0.285. The molecule has 0 aromatic rings. The number of nitrogens with one attached hydrogen (secondary N) is 2. The van der Waals surface area contributed by atoms with Gasteiger partial charge in [0.15, 0.2) is 0 Å². The summed E-state index contributed by atoms with van der Waals surface area (Å²) in [5.41, 5.74) is 0. The van der Waals surface area contributed by atoms with Crippen LogP contribution in [0, 0.1) is 0 Å². The van der Waals surface area contributed by atoms with Crippen LogP contribution >= 0.6 is 0 Å². The smallest absolute Gasteiger partial charge is 0.217 e. The lowest BCUT2D eigenvalue weighted by Gasteiger charge is -2.30.